The molecule has 1 aliphatic rings. The molecule has 186 valence electrons. The molecule has 1 aromatic carbocycles. The second-order valence-electron chi connectivity index (χ2n) is 9.34. The molecule has 35 heavy (non-hydrogen) atoms. The lowest BCUT2D eigenvalue weighted by molar-refractivity contribution is -0.121. The van der Waals surface area contributed by atoms with Gasteiger partial charge in [-0.15, -0.1) is 0 Å². The lowest BCUT2D eigenvalue weighted by Gasteiger charge is -2.28. The Morgan fingerprint density at radius 1 is 1.23 bits per heavy atom. The molecule has 2 aromatic heterocycles. The topological polar surface area (TPSA) is 101 Å². The number of urea groups is 1. The zero-order chi connectivity index (χ0) is 25.3. The molecule has 0 saturated heterocycles. The molecule has 3 amide bonds. The molecule has 3 N–H and O–H groups in total. The van der Waals surface area contributed by atoms with Crippen LogP contribution in [0.1, 0.15) is 51.1 Å². The van der Waals surface area contributed by atoms with E-state index in [2.05, 4.69) is 26.0 Å². The summed E-state index contributed by atoms with van der Waals surface area (Å²) < 4.78 is 16.7. The van der Waals surface area contributed by atoms with Crippen molar-refractivity contribution >= 4 is 40.3 Å². The van der Waals surface area contributed by atoms with Crippen LogP contribution >= 0.6 is 11.6 Å². The smallest absolute Gasteiger partial charge is 0.314 e. The third-order valence-electron chi connectivity index (χ3n) is 6.51. The van der Waals surface area contributed by atoms with Crippen molar-refractivity contribution in [3.05, 3.63) is 40.9 Å². The largest absolute Gasteiger partial charge is 0.341 e. The SMILES string of the molecule is CNC(=O)N[C@@H]1CCC[C@H](C(=O)Nc2cc(-c3cc(F)c4nn(C)c(C(C)C)c4c3)c(Cl)cn2)C1. The van der Waals surface area contributed by atoms with E-state index in [9.17, 15) is 14.0 Å². The van der Waals surface area contributed by atoms with Crippen molar-refractivity contribution in [3.63, 3.8) is 0 Å². The van der Waals surface area contributed by atoms with Crippen LogP contribution in [0.2, 0.25) is 5.02 Å². The fourth-order valence-corrected chi connectivity index (χ4v) is 5.10. The highest BCUT2D eigenvalue weighted by Crippen LogP contribution is 2.35. The molecule has 8 nitrogen and oxygen atoms in total. The summed E-state index contributed by atoms with van der Waals surface area (Å²) in [5, 5.41) is 13.7. The number of aryl methyl sites for hydroxylation is 1. The number of nitrogens with one attached hydrogen (secondary N) is 3. The van der Waals surface area contributed by atoms with Gasteiger partial charge in [0.05, 0.1) is 5.02 Å². The minimum Gasteiger partial charge on any atom is -0.341 e. The van der Waals surface area contributed by atoms with Crippen LogP contribution in [0.5, 0.6) is 0 Å². The number of benzene rings is 1. The van der Waals surface area contributed by atoms with Crippen LogP contribution in [-0.4, -0.2) is 39.8 Å². The Bertz CT molecular complexity index is 1270. The second kappa shape index (κ2) is 10.2. The van der Waals surface area contributed by atoms with E-state index in [1.807, 2.05) is 27.0 Å². The van der Waals surface area contributed by atoms with Crippen LogP contribution in [0.15, 0.2) is 24.4 Å². The molecule has 0 bridgehead atoms. The van der Waals surface area contributed by atoms with Crippen molar-refractivity contribution in [1.82, 2.24) is 25.4 Å². The Labute approximate surface area is 208 Å². The van der Waals surface area contributed by atoms with Crippen LogP contribution in [0.3, 0.4) is 0 Å². The second-order valence-corrected chi connectivity index (χ2v) is 9.75. The first-order valence-corrected chi connectivity index (χ1v) is 12.2. The van der Waals surface area contributed by atoms with Gasteiger partial charge in [-0.3, -0.25) is 9.48 Å². The van der Waals surface area contributed by atoms with Gasteiger partial charge in [0.2, 0.25) is 5.91 Å². The number of amides is 3. The number of nitrogens with zero attached hydrogens (tertiary/aromatic N) is 3. The van der Waals surface area contributed by atoms with Gasteiger partial charge in [0.1, 0.15) is 11.3 Å². The third-order valence-corrected chi connectivity index (χ3v) is 6.81. The van der Waals surface area contributed by atoms with Gasteiger partial charge in [0, 0.05) is 48.9 Å². The van der Waals surface area contributed by atoms with Crippen LogP contribution in [-0.2, 0) is 11.8 Å². The van der Waals surface area contributed by atoms with E-state index in [4.69, 9.17) is 11.6 Å². The predicted molar refractivity (Wildman–Crippen MR) is 135 cm³/mol. The summed E-state index contributed by atoms with van der Waals surface area (Å²) >= 11 is 6.44. The summed E-state index contributed by atoms with van der Waals surface area (Å²) in [4.78, 5) is 28.9. The van der Waals surface area contributed by atoms with Crippen molar-refractivity contribution in [2.75, 3.05) is 12.4 Å². The number of pyridine rings is 1. The van der Waals surface area contributed by atoms with Crippen molar-refractivity contribution in [2.24, 2.45) is 13.0 Å². The highest BCUT2D eigenvalue weighted by Gasteiger charge is 2.28. The first-order valence-electron chi connectivity index (χ1n) is 11.8. The van der Waals surface area contributed by atoms with Gasteiger partial charge < -0.3 is 16.0 Å². The van der Waals surface area contributed by atoms with Gasteiger partial charge >= 0.3 is 6.03 Å². The maximum Gasteiger partial charge on any atom is 0.314 e. The molecule has 0 unspecified atom stereocenters. The van der Waals surface area contributed by atoms with E-state index in [0.717, 1.165) is 30.3 Å². The third kappa shape index (κ3) is 5.24. The van der Waals surface area contributed by atoms with E-state index in [0.29, 0.717) is 33.9 Å². The maximum atomic E-state index is 15.0. The molecule has 4 rings (SSSR count). The zero-order valence-electron chi connectivity index (χ0n) is 20.3. The highest BCUT2D eigenvalue weighted by molar-refractivity contribution is 6.33. The summed E-state index contributed by atoms with van der Waals surface area (Å²) in [6, 6.07) is 4.64. The lowest BCUT2D eigenvalue weighted by Crippen LogP contribution is -2.44. The normalized spacial score (nSPS) is 18.0. The fraction of sp³-hybridized carbons (Fsp3) is 0.440. The van der Waals surface area contributed by atoms with Gasteiger partial charge in [0.25, 0.3) is 0 Å². The predicted octanol–water partition coefficient (Wildman–Crippen LogP) is 4.98. The summed E-state index contributed by atoms with van der Waals surface area (Å²) in [6.45, 7) is 4.07. The number of aromatic nitrogens is 3. The Morgan fingerprint density at radius 2 is 2.00 bits per heavy atom. The molecule has 1 saturated carbocycles. The first kappa shape index (κ1) is 24.9. The van der Waals surface area contributed by atoms with Gasteiger partial charge in [-0.25, -0.2) is 14.2 Å². The van der Waals surface area contributed by atoms with Gasteiger partial charge in [-0.1, -0.05) is 31.9 Å². The van der Waals surface area contributed by atoms with Gasteiger partial charge in [0.15, 0.2) is 5.82 Å². The highest BCUT2D eigenvalue weighted by atomic mass is 35.5. The van der Waals surface area contributed by atoms with Crippen molar-refractivity contribution in [2.45, 2.75) is 51.5 Å². The number of halogens is 2. The number of hydrogen-bond donors (Lipinski definition) is 3. The molecule has 0 aliphatic heterocycles. The van der Waals surface area contributed by atoms with Crippen molar-refractivity contribution in [1.29, 1.82) is 0 Å². The summed E-state index contributed by atoms with van der Waals surface area (Å²) in [7, 11) is 3.37. The number of anilines is 1. The number of carbonyl (C=O) groups is 2. The molecule has 0 radical (unpaired) electrons. The molecule has 0 spiro atoms. The van der Waals surface area contributed by atoms with Crippen LogP contribution in [0.25, 0.3) is 22.0 Å². The van der Waals surface area contributed by atoms with Crippen molar-refractivity contribution < 1.29 is 14.0 Å². The number of fused-ring (bicyclic) bond motifs is 1. The summed E-state index contributed by atoms with van der Waals surface area (Å²) in [5.74, 6) is -0.351. The first-order chi connectivity index (χ1) is 16.7. The van der Waals surface area contributed by atoms with Gasteiger partial charge in [-0.05, 0) is 48.9 Å². The van der Waals surface area contributed by atoms with Gasteiger partial charge in [-0.2, -0.15) is 5.10 Å². The average molecular weight is 501 g/mol. The zero-order valence-corrected chi connectivity index (χ0v) is 21.0. The summed E-state index contributed by atoms with van der Waals surface area (Å²) in [5.41, 5.74) is 2.40. The Balaban J connectivity index is 1.59. The lowest BCUT2D eigenvalue weighted by atomic mass is 9.85. The Morgan fingerprint density at radius 3 is 2.71 bits per heavy atom. The minimum atomic E-state index is -0.435. The molecule has 2 atom stereocenters. The van der Waals surface area contributed by atoms with Crippen LogP contribution < -0.4 is 16.0 Å². The summed E-state index contributed by atoms with van der Waals surface area (Å²) in [6.07, 6.45) is 4.42. The van der Waals surface area contributed by atoms with E-state index >= 15 is 0 Å². The quantitative estimate of drug-likeness (QED) is 0.460. The Kier molecular flexibility index (Phi) is 7.25. The van der Waals surface area contributed by atoms with E-state index in [-0.39, 0.29) is 29.8 Å². The maximum absolute atomic E-state index is 15.0. The van der Waals surface area contributed by atoms with E-state index in [1.54, 1.807) is 17.8 Å². The molecule has 1 fully saturated rings. The van der Waals surface area contributed by atoms with E-state index < -0.39 is 5.82 Å². The fourth-order valence-electron chi connectivity index (χ4n) is 4.89. The molecule has 3 aromatic rings. The monoisotopic (exact) mass is 500 g/mol. The Hall–Kier alpha value is -3.20. The molecule has 2 heterocycles. The van der Waals surface area contributed by atoms with E-state index in [1.165, 1.54) is 12.3 Å². The van der Waals surface area contributed by atoms with Crippen LogP contribution in [0, 0.1) is 11.7 Å². The average Bonchev–Trinajstić information content (AvgIpc) is 3.17. The minimum absolute atomic E-state index is 0.0578. The molecular weight excluding hydrogens is 471 g/mol. The van der Waals surface area contributed by atoms with Crippen LogP contribution in [0.4, 0.5) is 15.0 Å². The van der Waals surface area contributed by atoms with Crippen molar-refractivity contribution in [3.8, 4) is 11.1 Å². The molecule has 1 aliphatic carbocycles. The molecule has 10 heteroatoms. The number of hydrogen-bond acceptors (Lipinski definition) is 4. The number of rotatable bonds is 5. The molecular formula is C25H30ClFN6O2. The number of carbonyl (C=O) groups excluding carboxylic acids is 2. The standard InChI is InChI=1S/C25H30ClFN6O2/c1-13(2)23-18-9-15(10-20(27)22(18)32-33(23)4)17-11-21(29-12-19(17)26)31-24(34)14-6-5-7-16(8-14)30-25(35)28-3/h9-14,16H,5-8H2,1-4H3,(H2,28,30,35)(H,29,31,34)/t14-,16+/m0/s1.